The summed E-state index contributed by atoms with van der Waals surface area (Å²) in [6.07, 6.45) is 0.275. The Balaban J connectivity index is 2.27. The minimum absolute atomic E-state index is 0.0170. The Labute approximate surface area is 124 Å². The Bertz CT molecular complexity index is 676. The molecule has 2 aromatic rings. The number of amides is 1. The maximum Gasteiger partial charge on any atom is 0.254 e. The Kier molecular flexibility index (Phi) is 4.11. The molecule has 1 unspecified atom stereocenters. The fourth-order valence-corrected chi connectivity index (χ4v) is 2.11. The lowest BCUT2D eigenvalue weighted by molar-refractivity contribution is -0.121. The van der Waals surface area contributed by atoms with Crippen LogP contribution in [0.15, 0.2) is 0 Å². The van der Waals surface area contributed by atoms with Gasteiger partial charge in [-0.05, 0) is 26.7 Å². The number of aromatic nitrogens is 4. The molecular weight excluding hydrogens is 268 g/mol. The van der Waals surface area contributed by atoms with E-state index < -0.39 is 0 Å². The van der Waals surface area contributed by atoms with Crippen molar-refractivity contribution in [2.75, 3.05) is 5.73 Å². The Hall–Kier alpha value is -2.18. The number of anilines is 1. The Morgan fingerprint density at radius 1 is 1.29 bits per heavy atom. The van der Waals surface area contributed by atoms with E-state index in [2.05, 4.69) is 34.2 Å². The maximum absolute atomic E-state index is 12.2. The standard InChI is InChI=1S/C14H22N6O/c1-7(2)8(3)16-12(21)6-11-9(4)17-14-18-13(15)19-20(14)10(11)5/h7-8H,6H2,1-5H3,(H2,15,19)(H,16,21). The molecule has 2 rings (SSSR count). The van der Waals surface area contributed by atoms with E-state index in [4.69, 9.17) is 5.73 Å². The number of nitrogen functional groups attached to an aromatic ring is 1. The van der Waals surface area contributed by atoms with Gasteiger partial charge in [-0.15, -0.1) is 5.10 Å². The molecule has 0 aliphatic rings. The van der Waals surface area contributed by atoms with Crippen LogP contribution in [0.25, 0.3) is 5.78 Å². The van der Waals surface area contributed by atoms with Crippen molar-refractivity contribution in [3.63, 3.8) is 0 Å². The fourth-order valence-electron chi connectivity index (χ4n) is 2.11. The highest BCUT2D eigenvalue weighted by Gasteiger charge is 2.17. The van der Waals surface area contributed by atoms with Gasteiger partial charge in [-0.3, -0.25) is 4.79 Å². The van der Waals surface area contributed by atoms with Crippen LogP contribution in [0, 0.1) is 19.8 Å². The molecule has 0 fully saturated rings. The van der Waals surface area contributed by atoms with E-state index in [1.165, 1.54) is 0 Å². The lowest BCUT2D eigenvalue weighted by Gasteiger charge is -2.18. The van der Waals surface area contributed by atoms with Crippen LogP contribution >= 0.6 is 0 Å². The summed E-state index contributed by atoms with van der Waals surface area (Å²) in [7, 11) is 0. The first-order valence-corrected chi connectivity index (χ1v) is 7.07. The minimum Gasteiger partial charge on any atom is -0.366 e. The number of carbonyl (C=O) groups is 1. The number of nitrogens with one attached hydrogen (secondary N) is 1. The molecule has 0 aliphatic heterocycles. The molecule has 7 heteroatoms. The van der Waals surface area contributed by atoms with Gasteiger partial charge in [-0.1, -0.05) is 13.8 Å². The van der Waals surface area contributed by atoms with Crippen molar-refractivity contribution in [3.8, 4) is 0 Å². The van der Waals surface area contributed by atoms with E-state index >= 15 is 0 Å². The topological polar surface area (TPSA) is 98.2 Å². The normalized spacial score (nSPS) is 12.9. The summed E-state index contributed by atoms with van der Waals surface area (Å²) in [4.78, 5) is 20.6. The second-order valence-electron chi connectivity index (χ2n) is 5.72. The molecule has 2 aromatic heterocycles. The predicted molar refractivity (Wildman–Crippen MR) is 80.8 cm³/mol. The molecular formula is C14H22N6O. The molecule has 0 aliphatic carbocycles. The first-order valence-electron chi connectivity index (χ1n) is 7.07. The number of hydrogen-bond acceptors (Lipinski definition) is 5. The van der Waals surface area contributed by atoms with E-state index in [0.717, 1.165) is 17.0 Å². The van der Waals surface area contributed by atoms with Crippen molar-refractivity contribution < 1.29 is 4.79 Å². The molecule has 114 valence electrons. The monoisotopic (exact) mass is 290 g/mol. The molecule has 0 radical (unpaired) electrons. The van der Waals surface area contributed by atoms with Gasteiger partial charge in [-0.2, -0.15) is 9.50 Å². The van der Waals surface area contributed by atoms with Crippen molar-refractivity contribution in [2.24, 2.45) is 5.92 Å². The van der Waals surface area contributed by atoms with Crippen molar-refractivity contribution in [1.29, 1.82) is 0 Å². The average Bonchev–Trinajstić information content (AvgIpc) is 2.75. The lowest BCUT2D eigenvalue weighted by atomic mass is 10.0. The first-order chi connectivity index (χ1) is 9.79. The molecule has 0 bridgehead atoms. The summed E-state index contributed by atoms with van der Waals surface area (Å²) in [5, 5.41) is 7.10. The smallest absolute Gasteiger partial charge is 0.254 e. The van der Waals surface area contributed by atoms with Crippen LogP contribution in [0.1, 0.15) is 37.7 Å². The van der Waals surface area contributed by atoms with Gasteiger partial charge in [0.2, 0.25) is 11.9 Å². The average molecular weight is 290 g/mol. The molecule has 0 aromatic carbocycles. The fraction of sp³-hybridized carbons (Fsp3) is 0.571. The summed E-state index contributed by atoms with van der Waals surface area (Å²) in [5.41, 5.74) is 8.08. The van der Waals surface area contributed by atoms with Crippen LogP contribution in [-0.4, -0.2) is 31.5 Å². The van der Waals surface area contributed by atoms with Crippen LogP contribution in [0.2, 0.25) is 0 Å². The molecule has 1 amide bonds. The van der Waals surface area contributed by atoms with Crippen LogP contribution in [0.5, 0.6) is 0 Å². The third kappa shape index (κ3) is 3.12. The second kappa shape index (κ2) is 5.67. The summed E-state index contributed by atoms with van der Waals surface area (Å²) in [6, 6.07) is 0.136. The van der Waals surface area contributed by atoms with E-state index in [1.807, 2.05) is 20.8 Å². The van der Waals surface area contributed by atoms with Gasteiger partial charge >= 0.3 is 0 Å². The quantitative estimate of drug-likeness (QED) is 0.876. The van der Waals surface area contributed by atoms with E-state index in [9.17, 15) is 4.79 Å². The van der Waals surface area contributed by atoms with Gasteiger partial charge in [0.05, 0.1) is 6.42 Å². The molecule has 0 spiro atoms. The van der Waals surface area contributed by atoms with Crippen molar-refractivity contribution in [2.45, 2.75) is 47.1 Å². The zero-order valence-corrected chi connectivity index (χ0v) is 13.1. The van der Waals surface area contributed by atoms with Crippen LogP contribution in [-0.2, 0) is 11.2 Å². The SMILES string of the molecule is Cc1nc2nc(N)nn2c(C)c1CC(=O)NC(C)C(C)C. The molecule has 2 heterocycles. The number of aryl methyl sites for hydroxylation is 2. The number of nitrogens with zero attached hydrogens (tertiary/aromatic N) is 4. The number of nitrogens with two attached hydrogens (primary N) is 1. The number of hydrogen-bond donors (Lipinski definition) is 2. The van der Waals surface area contributed by atoms with Gasteiger partial charge in [0.1, 0.15) is 0 Å². The van der Waals surface area contributed by atoms with Crippen molar-refractivity contribution in [1.82, 2.24) is 24.9 Å². The maximum atomic E-state index is 12.2. The van der Waals surface area contributed by atoms with Crippen LogP contribution in [0.3, 0.4) is 0 Å². The van der Waals surface area contributed by atoms with Crippen LogP contribution in [0.4, 0.5) is 5.95 Å². The zero-order chi connectivity index (χ0) is 15.7. The van der Waals surface area contributed by atoms with Gasteiger partial charge in [-0.25, -0.2) is 4.98 Å². The second-order valence-corrected chi connectivity index (χ2v) is 5.72. The highest BCUT2D eigenvalue weighted by Crippen LogP contribution is 2.15. The third-order valence-corrected chi connectivity index (χ3v) is 3.79. The highest BCUT2D eigenvalue weighted by atomic mass is 16.1. The molecule has 7 nitrogen and oxygen atoms in total. The van der Waals surface area contributed by atoms with Crippen molar-refractivity contribution in [3.05, 3.63) is 17.0 Å². The Morgan fingerprint density at radius 2 is 1.95 bits per heavy atom. The number of carbonyl (C=O) groups excluding carboxylic acids is 1. The first kappa shape index (κ1) is 15.2. The lowest BCUT2D eigenvalue weighted by Crippen LogP contribution is -2.37. The Morgan fingerprint density at radius 3 is 2.57 bits per heavy atom. The van der Waals surface area contributed by atoms with Gasteiger partial charge in [0.15, 0.2) is 0 Å². The zero-order valence-electron chi connectivity index (χ0n) is 13.1. The van der Waals surface area contributed by atoms with Gasteiger partial charge < -0.3 is 11.1 Å². The van der Waals surface area contributed by atoms with Gasteiger partial charge in [0.25, 0.3) is 5.78 Å². The van der Waals surface area contributed by atoms with Gasteiger partial charge in [0, 0.05) is 23.0 Å². The number of rotatable bonds is 4. The minimum atomic E-state index is -0.0170. The molecule has 1 atom stereocenters. The summed E-state index contributed by atoms with van der Waals surface area (Å²) < 4.78 is 1.58. The van der Waals surface area contributed by atoms with E-state index in [1.54, 1.807) is 4.52 Å². The van der Waals surface area contributed by atoms with Crippen molar-refractivity contribution >= 4 is 17.6 Å². The summed E-state index contributed by atoms with van der Waals surface area (Å²) in [5.74, 6) is 1.02. The van der Waals surface area contributed by atoms with E-state index in [-0.39, 0.29) is 24.3 Å². The molecule has 21 heavy (non-hydrogen) atoms. The molecule has 0 saturated carbocycles. The van der Waals surface area contributed by atoms with E-state index in [0.29, 0.717) is 11.7 Å². The molecule has 0 saturated heterocycles. The largest absolute Gasteiger partial charge is 0.366 e. The molecule has 3 N–H and O–H groups in total. The summed E-state index contributed by atoms with van der Waals surface area (Å²) >= 11 is 0. The predicted octanol–water partition coefficient (Wildman–Crippen LogP) is 1.03. The summed E-state index contributed by atoms with van der Waals surface area (Å²) in [6.45, 7) is 9.92. The third-order valence-electron chi connectivity index (χ3n) is 3.79. The highest BCUT2D eigenvalue weighted by molar-refractivity contribution is 5.79. The van der Waals surface area contributed by atoms with Crippen LogP contribution < -0.4 is 11.1 Å². The number of fused-ring (bicyclic) bond motifs is 1.